The van der Waals surface area contributed by atoms with Gasteiger partial charge in [-0.1, -0.05) is 273 Å². The minimum atomic E-state index is -4.20. The van der Waals surface area contributed by atoms with Crippen molar-refractivity contribution in [3.63, 3.8) is 0 Å². The van der Waals surface area contributed by atoms with Crippen LogP contribution in [0, 0.1) is 133 Å². The van der Waals surface area contributed by atoms with Crippen molar-refractivity contribution >= 4 is 56.0 Å². The van der Waals surface area contributed by atoms with Crippen LogP contribution in [0.25, 0.3) is 0 Å². The van der Waals surface area contributed by atoms with Crippen molar-refractivity contribution in [3.05, 3.63) is 54.0 Å². The number of aromatic nitrogens is 2. The summed E-state index contributed by atoms with van der Waals surface area (Å²) in [7, 11) is -2.24. The van der Waals surface area contributed by atoms with Crippen LogP contribution in [0.3, 0.4) is 0 Å². The van der Waals surface area contributed by atoms with E-state index in [2.05, 4.69) is 139 Å². The Kier molecular flexibility index (Phi) is 106. The van der Waals surface area contributed by atoms with E-state index in [4.69, 9.17) is 33.0 Å². The molecule has 4 unspecified atom stereocenters. The number of carbonyl (C=O) groups excluding carboxylic acids is 7. The fourth-order valence-corrected chi connectivity index (χ4v) is 9.51. The Bertz CT molecular complexity index is 3350. The Morgan fingerprint density at radius 2 is 1.04 bits per heavy atom. The van der Waals surface area contributed by atoms with Gasteiger partial charge in [0.15, 0.2) is 0 Å². The number of alkyl halides is 8. The number of ketones is 6. The van der Waals surface area contributed by atoms with Crippen molar-refractivity contribution in [3.8, 4) is 30.8 Å². The first-order valence-electron chi connectivity index (χ1n) is 48.3. The maximum Gasteiger partial charge on any atom is 0.391 e. The van der Waals surface area contributed by atoms with Gasteiger partial charge in [-0.3, -0.25) is 42.9 Å². The van der Waals surface area contributed by atoms with Gasteiger partial charge in [-0.15, -0.1) is 24.7 Å². The number of hydrogen-bond donors (Lipinski definition) is 1. The molecule has 1 amide bonds. The third kappa shape index (κ3) is 120. The maximum absolute atomic E-state index is 12.2. The lowest BCUT2D eigenvalue weighted by molar-refractivity contribution is -0.164. The average Bonchev–Trinajstić information content (AvgIpc) is 1.79. The third-order valence-electron chi connectivity index (χ3n) is 18.9. The molecule has 2 N–H and O–H groups in total. The zero-order valence-corrected chi connectivity index (χ0v) is 90.4. The lowest BCUT2D eigenvalue weighted by atomic mass is 9.96. The van der Waals surface area contributed by atoms with Crippen LogP contribution in [0.15, 0.2) is 50.6 Å². The molecule has 4 heterocycles. The van der Waals surface area contributed by atoms with Gasteiger partial charge < -0.3 is 19.5 Å². The molecule has 5 rings (SSSR count). The smallest absolute Gasteiger partial charge is 0.391 e. The van der Waals surface area contributed by atoms with Gasteiger partial charge in [-0.05, 0) is 119 Å². The van der Waals surface area contributed by atoms with Gasteiger partial charge >= 0.3 is 12.4 Å². The summed E-state index contributed by atoms with van der Waals surface area (Å²) in [6, 6.07) is 4.01. The van der Waals surface area contributed by atoms with Gasteiger partial charge in [0.05, 0.1) is 44.2 Å². The monoisotopic (exact) mass is 1900 g/mol. The molecular formula is C106H194F8N6O10S. The minimum Gasteiger partial charge on any atom is -0.469 e. The van der Waals surface area contributed by atoms with Crippen molar-refractivity contribution in [1.82, 2.24) is 9.55 Å². The molecule has 1 saturated heterocycles. The van der Waals surface area contributed by atoms with Gasteiger partial charge in [-0.25, -0.2) is 13.6 Å². The Hall–Kier alpha value is -6.49. The highest BCUT2D eigenvalue weighted by Crippen LogP contribution is 2.27. The molecule has 0 bridgehead atoms. The minimum absolute atomic E-state index is 0.0544. The highest BCUT2D eigenvalue weighted by molar-refractivity contribution is 7.92. The van der Waals surface area contributed by atoms with E-state index in [0.29, 0.717) is 85.8 Å². The number of imidazole rings is 1. The summed E-state index contributed by atoms with van der Waals surface area (Å²) < 4.78 is 119. The number of nitriles is 1. The molecule has 25 heteroatoms. The maximum atomic E-state index is 12.2. The lowest BCUT2D eigenvalue weighted by Crippen LogP contribution is -2.17. The van der Waals surface area contributed by atoms with Crippen molar-refractivity contribution < 1.29 is 82.0 Å². The summed E-state index contributed by atoms with van der Waals surface area (Å²) in [5.41, 5.74) is 7.61. The molecule has 2 aliphatic heterocycles. The van der Waals surface area contributed by atoms with Crippen molar-refractivity contribution in [2.24, 2.45) is 97.9 Å². The molecule has 1 saturated carbocycles. The van der Waals surface area contributed by atoms with E-state index in [1.165, 1.54) is 88.5 Å². The fraction of sp³-hybridized carbons (Fsp3) is 0.792. The number of allylic oxidation sites excluding steroid dienone is 1. The second-order valence-corrected chi connectivity index (χ2v) is 39.9. The van der Waals surface area contributed by atoms with E-state index >= 15 is 0 Å². The summed E-state index contributed by atoms with van der Waals surface area (Å²) in [6.07, 6.45) is 33.3. The van der Waals surface area contributed by atoms with E-state index in [1.807, 2.05) is 122 Å². The summed E-state index contributed by atoms with van der Waals surface area (Å²) >= 11 is 0. The third-order valence-corrected chi connectivity index (χ3v) is 19.5. The first-order chi connectivity index (χ1) is 60.3. The number of ether oxygens (including phenoxy) is 1. The number of nitrogens with zero attached hydrogens (tertiary/aromatic N) is 5. The number of furan rings is 1. The van der Waals surface area contributed by atoms with Gasteiger partial charge in [0.25, 0.3) is 5.91 Å². The molecular weight excluding hydrogens is 1700 g/mol. The predicted molar refractivity (Wildman–Crippen MR) is 539 cm³/mol. The topological polar surface area (TPSA) is 251 Å². The number of terminal acetylenes is 2. The Labute approximate surface area is 797 Å². The molecule has 2 aromatic heterocycles. The number of halogens is 8. The normalized spacial score (nSPS) is 13.5. The highest BCUT2D eigenvalue weighted by atomic mass is 32.2. The van der Waals surface area contributed by atoms with Crippen LogP contribution in [-0.2, 0) is 54.6 Å². The molecule has 3 aliphatic rings. The van der Waals surface area contributed by atoms with Crippen LogP contribution in [0.1, 0.15) is 399 Å². The summed E-state index contributed by atoms with van der Waals surface area (Å²) in [5, 5.41) is 8.09. The van der Waals surface area contributed by atoms with Crippen molar-refractivity contribution in [1.29, 1.82) is 5.26 Å². The lowest BCUT2D eigenvalue weighted by Gasteiger charge is -2.20. The molecule has 0 radical (unpaired) electrons. The zero-order chi connectivity index (χ0) is 105. The largest absolute Gasteiger partial charge is 0.469 e. The van der Waals surface area contributed by atoms with E-state index in [0.717, 1.165) is 96.1 Å². The molecule has 131 heavy (non-hydrogen) atoms. The van der Waals surface area contributed by atoms with Crippen LogP contribution < -0.4 is 5.73 Å². The number of aryl methyl sites for hydroxylation is 2. The van der Waals surface area contributed by atoms with E-state index in [1.54, 1.807) is 34.0 Å². The molecule has 0 spiro atoms. The molecule has 2 fully saturated rings. The SMILES string of the molecule is C#CCC.C#CCCC(=O)C(C)C.CC(C)C(=O)CCC#N.CC(C)C(=O)CCC(F)(F)F.CC(C)C(=O)N=S(C)(C)=O.CC(C)C(F)(F)F.CC(C)CC(=O)C(C)C.CC(C)CN.CC(F)CCC(=O)C(C)C.CCC(C)CC(=O)C(C)C.CCC(C)CF.CCC1=NCC=C1.CCC1CCCC1.CCC1CCCCO1.Cc1coc(C(C)C)c1.Cc1nccn1CC(C)C. The molecule has 16 nitrogen and oxygen atoms in total. The van der Waals surface area contributed by atoms with Gasteiger partial charge in [0, 0.05) is 165 Å². The van der Waals surface area contributed by atoms with Crippen molar-refractivity contribution in [2.45, 2.75) is 427 Å². The number of carbonyl (C=O) groups is 7. The van der Waals surface area contributed by atoms with E-state index in [-0.39, 0.29) is 89.5 Å². The molecule has 770 valence electrons. The predicted octanol–water partition coefficient (Wildman–Crippen LogP) is 30.2. The van der Waals surface area contributed by atoms with Crippen LogP contribution in [0.4, 0.5) is 35.1 Å². The van der Waals surface area contributed by atoms with Crippen LogP contribution in [-0.4, -0.2) is 124 Å². The fourth-order valence-electron chi connectivity index (χ4n) is 8.86. The van der Waals surface area contributed by atoms with Gasteiger partial charge in [0.2, 0.25) is 0 Å². The number of aliphatic imine (C=N–C) groups is 1. The zero-order valence-electron chi connectivity index (χ0n) is 89.6. The Balaban J connectivity index is -0.000000131. The number of hydrogen-bond acceptors (Lipinski definition) is 14. The van der Waals surface area contributed by atoms with E-state index in [9.17, 15) is 72.9 Å². The molecule has 1 aliphatic carbocycles. The summed E-state index contributed by atoms with van der Waals surface area (Å²) in [4.78, 5) is 84.3. The Morgan fingerprint density at radius 3 is 1.26 bits per heavy atom. The number of amides is 1. The second kappa shape index (κ2) is 93.9. The number of nitrogens with two attached hydrogens (primary N) is 1. The van der Waals surface area contributed by atoms with Crippen molar-refractivity contribution in [2.75, 3.05) is 38.9 Å². The standard InChI is InChI=1S/C9H18O.C8H15FO.C8H14N2.C8H12O.C8H16O.C8H12O.C7H11F3O.C7H11NO.C7H14O.C7H14.C6H13NO2S.C6H9N.C5H11F.C4H7F3.C4H11N.C4H6/c1-5-8(4)6-9(10)7(2)3;1-6(2)8(10)5-4-7(3)9;1-7(2)6-10-5-4-9-8(10)3;1-6(2)8-4-7(3)5-9-8;1-6(2)5-8(9)7(3)4;1-4-5-6-8(9)7(2)3;1-5(2)6(11)3-4-7(8,9)10;1-6(2)7(9)4-3-5-8;1-2-7-5-3-4-6-8-7;1-2-7-5-3-4-6-7;1-5(2)6(8)7-10(3,4)9;1-2-6-4-3-5-7-6;1-3-5(2)4-6;1-3(2)4(5,6)7;1-4(2)3-5;1-3-4-2/h7-8H,5-6H2,1-4H3;6-7H,4-5H2,1-3H3;4-5,7H,6H2,1-3H3;4-6H,1-3H3;6-7H,5H2,1-4H3;1,7H,5-6H2,2-3H3;5H,3-4H2,1-2H3;6H,3-4H2,1-2H3;7H,2-6H2,1H3;7H,2-6H2,1H3;5H,1-4H3;3-4H,2,5H2,1H3;5H,3-4H2,1-2H3;3H,1-2H3;4H,3,5H2,1-2H3;1H,4H2,2H3. The quantitative estimate of drug-likeness (QED) is 0.0565. The highest BCUT2D eigenvalue weighted by Gasteiger charge is 2.32. The van der Waals surface area contributed by atoms with E-state index < -0.39 is 40.6 Å². The summed E-state index contributed by atoms with van der Waals surface area (Å²) in [6.45, 7) is 70.7. The van der Waals surface area contributed by atoms with Crippen LogP contribution in [0.2, 0.25) is 0 Å². The average molecular weight is 1900 g/mol. The van der Waals surface area contributed by atoms with Gasteiger partial charge in [0.1, 0.15) is 46.3 Å². The number of Topliss-reactive ketones (excluding diaryl/α,β-unsaturated/α-hetero) is 6. The summed E-state index contributed by atoms with van der Waals surface area (Å²) in [5.74, 6) is 11.2. The van der Waals surface area contributed by atoms with Crippen LogP contribution in [0.5, 0.6) is 0 Å². The first kappa shape index (κ1) is 147. The Morgan fingerprint density at radius 1 is 0.603 bits per heavy atom. The number of rotatable bonds is 30. The van der Waals surface area contributed by atoms with Crippen LogP contribution >= 0.6 is 0 Å². The molecule has 0 aromatic carbocycles. The second-order valence-electron chi connectivity index (χ2n) is 37.4. The van der Waals surface area contributed by atoms with Gasteiger partial charge in [-0.2, -0.15) is 36.0 Å². The molecule has 2 aromatic rings. The molecule has 4 atom stereocenters. The first-order valence-corrected chi connectivity index (χ1v) is 50.6.